The predicted octanol–water partition coefficient (Wildman–Crippen LogP) is 2.02. The van der Waals surface area contributed by atoms with E-state index in [0.717, 1.165) is 42.6 Å². The van der Waals surface area contributed by atoms with Crippen LogP contribution >= 0.6 is 11.3 Å². The highest BCUT2D eigenvalue weighted by molar-refractivity contribution is 7.13. The molecule has 1 saturated heterocycles. The van der Waals surface area contributed by atoms with Gasteiger partial charge in [0, 0.05) is 0 Å². The first-order valence-corrected chi connectivity index (χ1v) is 10.8. The molecule has 0 atom stereocenters. The Hall–Kier alpha value is -2.48. The summed E-state index contributed by atoms with van der Waals surface area (Å²) in [5, 5.41) is 9.89. The lowest BCUT2D eigenvalue weighted by molar-refractivity contribution is -0.954. The maximum Gasteiger partial charge on any atom is 0.270 e. The Labute approximate surface area is 175 Å². The Morgan fingerprint density at radius 3 is 2.66 bits per heavy atom. The molecular formula is C22H27N4O2S+. The van der Waals surface area contributed by atoms with E-state index in [1.165, 1.54) is 4.90 Å². The van der Waals surface area contributed by atoms with Crippen LogP contribution in [0.4, 0.5) is 0 Å². The van der Waals surface area contributed by atoms with E-state index in [0.29, 0.717) is 12.2 Å². The van der Waals surface area contributed by atoms with Gasteiger partial charge in [-0.25, -0.2) is 4.68 Å². The molecule has 2 N–H and O–H groups in total. The van der Waals surface area contributed by atoms with Crippen LogP contribution in [0.3, 0.4) is 0 Å². The molecule has 1 fully saturated rings. The fourth-order valence-electron chi connectivity index (χ4n) is 3.66. The number of para-hydroxylation sites is 1. The van der Waals surface area contributed by atoms with Gasteiger partial charge in [-0.1, -0.05) is 24.3 Å². The summed E-state index contributed by atoms with van der Waals surface area (Å²) < 4.78 is 7.21. The number of nitrogens with one attached hydrogen (secondary N) is 2. The third-order valence-corrected chi connectivity index (χ3v) is 6.35. The average Bonchev–Trinajstić information content (AvgIpc) is 3.43. The van der Waals surface area contributed by atoms with Gasteiger partial charge in [0.15, 0.2) is 0 Å². The Bertz CT molecular complexity index is 945. The lowest BCUT2D eigenvalue weighted by Gasteiger charge is -2.37. The molecule has 2 aromatic heterocycles. The number of ether oxygens (including phenoxy) is 1. The summed E-state index contributed by atoms with van der Waals surface area (Å²) in [5.41, 5.74) is 2.17. The fraction of sp³-hybridized carbons (Fsp3) is 0.364. The molecule has 1 aliphatic heterocycles. The largest absolute Gasteiger partial charge is 0.370 e. The van der Waals surface area contributed by atoms with E-state index in [2.05, 4.69) is 19.2 Å². The van der Waals surface area contributed by atoms with E-state index in [-0.39, 0.29) is 11.4 Å². The number of hydrogen-bond acceptors (Lipinski definition) is 4. The van der Waals surface area contributed by atoms with Crippen molar-refractivity contribution in [2.24, 2.45) is 0 Å². The summed E-state index contributed by atoms with van der Waals surface area (Å²) >= 11 is 1.62. The Morgan fingerprint density at radius 2 is 1.97 bits per heavy atom. The molecule has 4 rings (SSSR count). The maximum absolute atomic E-state index is 13.1. The molecule has 29 heavy (non-hydrogen) atoms. The van der Waals surface area contributed by atoms with Crippen LogP contribution in [0.25, 0.3) is 16.3 Å². The fourth-order valence-corrected chi connectivity index (χ4v) is 4.35. The molecule has 152 valence electrons. The monoisotopic (exact) mass is 411 g/mol. The van der Waals surface area contributed by atoms with Gasteiger partial charge in [0.25, 0.3) is 5.91 Å². The van der Waals surface area contributed by atoms with Crippen molar-refractivity contribution in [3.05, 3.63) is 59.6 Å². The number of quaternary nitrogens is 1. The summed E-state index contributed by atoms with van der Waals surface area (Å²) in [7, 11) is 0. The lowest BCUT2D eigenvalue weighted by Crippen LogP contribution is -3.22. The highest BCUT2D eigenvalue weighted by Crippen LogP contribution is 2.25. The van der Waals surface area contributed by atoms with Crippen LogP contribution in [0.15, 0.2) is 53.9 Å². The van der Waals surface area contributed by atoms with E-state index >= 15 is 0 Å². The molecular weight excluding hydrogens is 384 g/mol. The predicted molar refractivity (Wildman–Crippen MR) is 115 cm³/mol. The Kier molecular flexibility index (Phi) is 5.80. The van der Waals surface area contributed by atoms with Gasteiger partial charge in [-0.05, 0) is 43.5 Å². The lowest BCUT2D eigenvalue weighted by atomic mass is 10.0. The number of morpholine rings is 1. The van der Waals surface area contributed by atoms with Gasteiger partial charge in [-0.2, -0.15) is 5.10 Å². The topological polar surface area (TPSA) is 60.6 Å². The smallest absolute Gasteiger partial charge is 0.270 e. The molecule has 7 heteroatoms. The average molecular weight is 412 g/mol. The van der Waals surface area contributed by atoms with Gasteiger partial charge in [-0.15, -0.1) is 11.3 Å². The van der Waals surface area contributed by atoms with Crippen LogP contribution in [0, 0.1) is 0 Å². The van der Waals surface area contributed by atoms with Crippen LogP contribution < -0.4 is 10.2 Å². The Balaban J connectivity index is 1.57. The number of carbonyl (C=O) groups excluding carboxylic acids is 1. The van der Waals surface area contributed by atoms with Crippen LogP contribution in [0.2, 0.25) is 0 Å². The third kappa shape index (κ3) is 4.42. The minimum absolute atomic E-state index is 0.0619. The zero-order valence-electron chi connectivity index (χ0n) is 16.9. The number of aromatic nitrogens is 2. The van der Waals surface area contributed by atoms with E-state index < -0.39 is 0 Å². The van der Waals surface area contributed by atoms with E-state index in [4.69, 9.17) is 9.84 Å². The zero-order chi connectivity index (χ0) is 20.3. The molecule has 0 spiro atoms. The zero-order valence-corrected chi connectivity index (χ0v) is 17.7. The molecule has 1 aromatic carbocycles. The molecule has 6 nitrogen and oxygen atoms in total. The number of benzene rings is 1. The van der Waals surface area contributed by atoms with Crippen molar-refractivity contribution in [3.63, 3.8) is 0 Å². The van der Waals surface area contributed by atoms with Crippen LogP contribution in [0.5, 0.6) is 0 Å². The van der Waals surface area contributed by atoms with Crippen molar-refractivity contribution in [1.29, 1.82) is 0 Å². The first kappa shape index (κ1) is 19.8. The van der Waals surface area contributed by atoms with Gasteiger partial charge >= 0.3 is 0 Å². The van der Waals surface area contributed by atoms with Crippen molar-refractivity contribution in [2.75, 3.05) is 32.8 Å². The van der Waals surface area contributed by atoms with Gasteiger partial charge in [0.05, 0.1) is 30.3 Å². The van der Waals surface area contributed by atoms with Gasteiger partial charge < -0.3 is 15.0 Å². The summed E-state index contributed by atoms with van der Waals surface area (Å²) in [5.74, 6) is -0.107. The maximum atomic E-state index is 13.1. The molecule has 1 amide bonds. The molecule has 1 aliphatic rings. The van der Waals surface area contributed by atoms with E-state index in [9.17, 15) is 4.79 Å². The number of hydrogen-bond donors (Lipinski definition) is 2. The second-order valence-electron chi connectivity index (χ2n) is 7.92. The van der Waals surface area contributed by atoms with Crippen molar-refractivity contribution in [3.8, 4) is 16.3 Å². The van der Waals surface area contributed by atoms with Gasteiger partial charge in [-0.3, -0.25) is 4.79 Å². The number of amides is 1. The molecule has 3 heterocycles. The van der Waals surface area contributed by atoms with Crippen molar-refractivity contribution >= 4 is 17.2 Å². The molecule has 0 bridgehead atoms. The SMILES string of the molecule is CC(C)(CNC(=O)c1cc(-c2cccs2)nn1-c1ccccc1)[NH+]1CCOCC1. The summed E-state index contributed by atoms with van der Waals surface area (Å²) in [6, 6.07) is 15.7. The Morgan fingerprint density at radius 1 is 1.21 bits per heavy atom. The highest BCUT2D eigenvalue weighted by Gasteiger charge is 2.33. The normalized spacial score (nSPS) is 15.4. The minimum Gasteiger partial charge on any atom is -0.370 e. The molecule has 3 aromatic rings. The summed E-state index contributed by atoms with van der Waals surface area (Å²) in [6.45, 7) is 8.46. The van der Waals surface area contributed by atoms with Crippen molar-refractivity contribution < 1.29 is 14.4 Å². The second kappa shape index (κ2) is 8.49. The van der Waals surface area contributed by atoms with Crippen molar-refractivity contribution in [2.45, 2.75) is 19.4 Å². The van der Waals surface area contributed by atoms with Crippen LogP contribution in [0.1, 0.15) is 24.3 Å². The van der Waals surface area contributed by atoms with E-state index in [1.54, 1.807) is 16.0 Å². The highest BCUT2D eigenvalue weighted by atomic mass is 32.1. The molecule has 0 aliphatic carbocycles. The quantitative estimate of drug-likeness (QED) is 0.653. The standard InChI is InChI=1S/C22H26N4O2S/c1-22(2,25-10-12-28-13-11-25)16-23-21(27)19-15-18(20-9-6-14-29-20)24-26(19)17-7-4-3-5-8-17/h3-9,14-15H,10-13,16H2,1-2H3,(H,23,27)/p+1. The van der Waals surface area contributed by atoms with Crippen LogP contribution in [-0.4, -0.2) is 54.1 Å². The van der Waals surface area contributed by atoms with Crippen LogP contribution in [-0.2, 0) is 4.74 Å². The number of carbonyl (C=O) groups is 1. The number of rotatable bonds is 6. The minimum atomic E-state index is -0.107. The van der Waals surface area contributed by atoms with Gasteiger partial charge in [0.2, 0.25) is 0 Å². The van der Waals surface area contributed by atoms with Gasteiger partial charge in [0.1, 0.15) is 30.0 Å². The summed E-state index contributed by atoms with van der Waals surface area (Å²) in [6.07, 6.45) is 0. The molecule has 0 saturated carbocycles. The second-order valence-corrected chi connectivity index (χ2v) is 8.87. The summed E-state index contributed by atoms with van der Waals surface area (Å²) in [4.78, 5) is 15.7. The number of thiophene rings is 1. The first-order valence-electron chi connectivity index (χ1n) is 9.95. The van der Waals surface area contributed by atoms with Crippen molar-refractivity contribution in [1.82, 2.24) is 15.1 Å². The number of nitrogens with zero attached hydrogens (tertiary/aromatic N) is 2. The first-order chi connectivity index (χ1) is 14.0. The third-order valence-electron chi connectivity index (χ3n) is 5.46. The van der Waals surface area contributed by atoms with E-state index in [1.807, 2.05) is 53.9 Å². The molecule has 0 unspecified atom stereocenters. The molecule has 0 radical (unpaired) electrons.